The number of hydrogen-bond acceptors (Lipinski definition) is 3. The van der Waals surface area contributed by atoms with Crippen LogP contribution in [0.3, 0.4) is 0 Å². The zero-order valence-corrected chi connectivity index (χ0v) is 13.1. The Bertz CT molecular complexity index is 499. The van der Waals surface area contributed by atoms with Gasteiger partial charge in [0.1, 0.15) is 11.9 Å². The molecule has 1 saturated heterocycles. The fourth-order valence-electron chi connectivity index (χ4n) is 3.78. The van der Waals surface area contributed by atoms with Gasteiger partial charge in [-0.1, -0.05) is 18.2 Å². The summed E-state index contributed by atoms with van der Waals surface area (Å²) < 4.78 is 6.15. The molecule has 3 heteroatoms. The average molecular weight is 286 g/mol. The van der Waals surface area contributed by atoms with Crippen LogP contribution in [0.2, 0.25) is 0 Å². The zero-order chi connectivity index (χ0) is 14.4. The van der Waals surface area contributed by atoms with Gasteiger partial charge in [-0.2, -0.15) is 0 Å². The summed E-state index contributed by atoms with van der Waals surface area (Å²) in [6.07, 6.45) is 4.21. The van der Waals surface area contributed by atoms with E-state index >= 15 is 0 Å². The lowest BCUT2D eigenvalue weighted by atomic mass is 9.95. The Morgan fingerprint density at radius 3 is 2.86 bits per heavy atom. The highest BCUT2D eigenvalue weighted by Crippen LogP contribution is 2.36. The van der Waals surface area contributed by atoms with E-state index in [1.807, 2.05) is 0 Å². The number of fused-ring (bicyclic) bond motifs is 1. The van der Waals surface area contributed by atoms with Crippen LogP contribution < -0.4 is 10.1 Å². The van der Waals surface area contributed by atoms with Gasteiger partial charge in [0.15, 0.2) is 0 Å². The van der Waals surface area contributed by atoms with E-state index in [4.69, 9.17) is 4.74 Å². The van der Waals surface area contributed by atoms with Crippen LogP contribution in [0.25, 0.3) is 0 Å². The molecule has 3 aliphatic rings. The molecule has 1 saturated carbocycles. The van der Waals surface area contributed by atoms with E-state index in [9.17, 15) is 0 Å². The van der Waals surface area contributed by atoms with Crippen molar-refractivity contribution in [2.45, 2.75) is 50.8 Å². The number of ether oxygens (including phenoxy) is 1. The fourth-order valence-corrected chi connectivity index (χ4v) is 3.78. The first-order chi connectivity index (χ1) is 10.1. The minimum Gasteiger partial charge on any atom is -0.488 e. The van der Waals surface area contributed by atoms with Crippen molar-refractivity contribution in [3.05, 3.63) is 29.8 Å². The number of piperazine rings is 1. The summed E-state index contributed by atoms with van der Waals surface area (Å²) in [7, 11) is 0. The zero-order valence-electron chi connectivity index (χ0n) is 13.1. The summed E-state index contributed by atoms with van der Waals surface area (Å²) in [5.41, 5.74) is 1.60. The van der Waals surface area contributed by atoms with E-state index in [-0.39, 0.29) is 5.54 Å². The summed E-state index contributed by atoms with van der Waals surface area (Å²) in [5.74, 6) is 2.01. The minimum absolute atomic E-state index is 0.226. The molecule has 1 aromatic carbocycles. The molecular weight excluding hydrogens is 260 g/mol. The van der Waals surface area contributed by atoms with Crippen LogP contribution in [0.15, 0.2) is 24.3 Å². The van der Waals surface area contributed by atoms with Gasteiger partial charge in [-0.05, 0) is 44.2 Å². The minimum atomic E-state index is 0.226. The second-order valence-electron chi connectivity index (χ2n) is 7.59. The Morgan fingerprint density at radius 1 is 1.29 bits per heavy atom. The molecule has 1 aromatic rings. The van der Waals surface area contributed by atoms with E-state index in [1.165, 1.54) is 24.9 Å². The second kappa shape index (κ2) is 4.99. The van der Waals surface area contributed by atoms with Gasteiger partial charge >= 0.3 is 0 Å². The molecule has 0 bridgehead atoms. The largest absolute Gasteiger partial charge is 0.488 e. The fraction of sp³-hybridized carbons (Fsp3) is 0.667. The normalized spacial score (nSPS) is 31.7. The molecule has 2 heterocycles. The molecule has 3 nitrogen and oxygen atoms in total. The monoisotopic (exact) mass is 286 g/mol. The van der Waals surface area contributed by atoms with Crippen LogP contribution >= 0.6 is 0 Å². The smallest absolute Gasteiger partial charge is 0.123 e. The van der Waals surface area contributed by atoms with Gasteiger partial charge in [-0.25, -0.2) is 0 Å². The standard InChI is InChI=1S/C18H26N2O/c1-18(2)12-19-16(13-7-8-13)11-20(18)10-15-9-14-5-3-4-6-17(14)21-15/h3-6,13,15-16,19H,7-12H2,1-2H3. The average Bonchev–Trinajstić information content (AvgIpc) is 3.21. The van der Waals surface area contributed by atoms with Gasteiger partial charge in [0.2, 0.25) is 0 Å². The van der Waals surface area contributed by atoms with E-state index < -0.39 is 0 Å². The van der Waals surface area contributed by atoms with Crippen molar-refractivity contribution in [1.29, 1.82) is 0 Å². The Labute approximate surface area is 127 Å². The molecule has 2 fully saturated rings. The van der Waals surface area contributed by atoms with Crippen LogP contribution in [0.4, 0.5) is 0 Å². The molecule has 2 unspecified atom stereocenters. The van der Waals surface area contributed by atoms with Crippen molar-refractivity contribution in [2.24, 2.45) is 5.92 Å². The maximum atomic E-state index is 6.15. The van der Waals surface area contributed by atoms with Gasteiger partial charge in [0.25, 0.3) is 0 Å². The van der Waals surface area contributed by atoms with E-state index in [0.29, 0.717) is 12.1 Å². The number of hydrogen-bond donors (Lipinski definition) is 1. The van der Waals surface area contributed by atoms with Crippen LogP contribution in [0.1, 0.15) is 32.3 Å². The van der Waals surface area contributed by atoms with Gasteiger partial charge < -0.3 is 10.1 Å². The predicted octanol–water partition coefficient (Wildman–Crippen LogP) is 2.45. The molecule has 1 aliphatic carbocycles. The van der Waals surface area contributed by atoms with E-state index in [0.717, 1.165) is 31.2 Å². The Balaban J connectivity index is 1.43. The topological polar surface area (TPSA) is 24.5 Å². The van der Waals surface area contributed by atoms with E-state index in [2.05, 4.69) is 48.3 Å². The number of nitrogens with zero attached hydrogens (tertiary/aromatic N) is 1. The third-order valence-corrected chi connectivity index (χ3v) is 5.40. The first-order valence-corrected chi connectivity index (χ1v) is 8.35. The highest BCUT2D eigenvalue weighted by atomic mass is 16.5. The molecule has 1 N–H and O–H groups in total. The number of rotatable bonds is 3. The maximum Gasteiger partial charge on any atom is 0.123 e. The van der Waals surface area contributed by atoms with E-state index in [1.54, 1.807) is 0 Å². The van der Waals surface area contributed by atoms with Crippen molar-refractivity contribution in [2.75, 3.05) is 19.6 Å². The van der Waals surface area contributed by atoms with Crippen LogP contribution in [0.5, 0.6) is 5.75 Å². The SMILES string of the molecule is CC1(C)CNC(C2CC2)CN1CC1Cc2ccccc2O1. The van der Waals surface area contributed by atoms with Crippen molar-refractivity contribution >= 4 is 0 Å². The lowest BCUT2D eigenvalue weighted by molar-refractivity contribution is 0.0292. The van der Waals surface area contributed by atoms with Crippen LogP contribution in [0, 0.1) is 5.92 Å². The third-order valence-electron chi connectivity index (χ3n) is 5.40. The molecule has 0 aromatic heterocycles. The van der Waals surface area contributed by atoms with Crippen LogP contribution in [-0.4, -0.2) is 42.2 Å². The summed E-state index contributed by atoms with van der Waals surface area (Å²) in [6.45, 7) is 8.02. The van der Waals surface area contributed by atoms with Crippen molar-refractivity contribution in [3.8, 4) is 5.75 Å². The van der Waals surface area contributed by atoms with Gasteiger partial charge in [-0.15, -0.1) is 0 Å². The highest BCUT2D eigenvalue weighted by molar-refractivity contribution is 5.37. The summed E-state index contributed by atoms with van der Waals surface area (Å²) in [5, 5.41) is 3.76. The molecule has 2 atom stereocenters. The quantitative estimate of drug-likeness (QED) is 0.924. The number of benzene rings is 1. The van der Waals surface area contributed by atoms with Crippen molar-refractivity contribution in [1.82, 2.24) is 10.2 Å². The third kappa shape index (κ3) is 2.69. The number of nitrogens with one attached hydrogen (secondary N) is 1. The molecule has 21 heavy (non-hydrogen) atoms. The predicted molar refractivity (Wildman–Crippen MR) is 84.7 cm³/mol. The highest BCUT2D eigenvalue weighted by Gasteiger charge is 2.41. The number of para-hydroxylation sites is 1. The lowest BCUT2D eigenvalue weighted by Gasteiger charge is -2.47. The molecule has 0 amide bonds. The van der Waals surface area contributed by atoms with Crippen molar-refractivity contribution < 1.29 is 4.74 Å². The molecule has 114 valence electrons. The second-order valence-corrected chi connectivity index (χ2v) is 7.59. The van der Waals surface area contributed by atoms with Crippen molar-refractivity contribution in [3.63, 3.8) is 0 Å². The molecular formula is C18H26N2O. The van der Waals surface area contributed by atoms with Crippen LogP contribution in [-0.2, 0) is 6.42 Å². The Hall–Kier alpha value is -1.06. The molecule has 0 spiro atoms. The molecule has 0 radical (unpaired) electrons. The van der Waals surface area contributed by atoms with Gasteiger partial charge in [0.05, 0.1) is 0 Å². The Morgan fingerprint density at radius 2 is 2.10 bits per heavy atom. The molecule has 4 rings (SSSR count). The summed E-state index contributed by atoms with van der Waals surface area (Å²) >= 11 is 0. The van der Waals surface area contributed by atoms with Gasteiger partial charge in [-0.3, -0.25) is 4.90 Å². The molecule has 2 aliphatic heterocycles. The summed E-state index contributed by atoms with van der Waals surface area (Å²) in [4.78, 5) is 2.66. The van der Waals surface area contributed by atoms with Gasteiger partial charge in [0, 0.05) is 37.6 Å². The Kier molecular flexibility index (Phi) is 3.23. The lowest BCUT2D eigenvalue weighted by Crippen LogP contribution is -2.63. The first-order valence-electron chi connectivity index (χ1n) is 8.35. The summed E-state index contributed by atoms with van der Waals surface area (Å²) in [6, 6.07) is 9.18. The maximum absolute atomic E-state index is 6.15. The first kappa shape index (κ1) is 13.6.